The van der Waals surface area contributed by atoms with Crippen molar-refractivity contribution in [1.82, 2.24) is 9.97 Å². The van der Waals surface area contributed by atoms with Crippen LogP contribution in [0.2, 0.25) is 0 Å². The summed E-state index contributed by atoms with van der Waals surface area (Å²) in [6.45, 7) is 8.62. The summed E-state index contributed by atoms with van der Waals surface area (Å²) in [6, 6.07) is 2.33. The molecule has 0 aliphatic carbocycles. The summed E-state index contributed by atoms with van der Waals surface area (Å²) in [6.07, 6.45) is 2.09. The molecule has 0 spiro atoms. The van der Waals surface area contributed by atoms with Gasteiger partial charge in [0.1, 0.15) is 0 Å². The molecule has 106 valence electrons. The van der Waals surface area contributed by atoms with E-state index in [2.05, 4.69) is 28.7 Å². The van der Waals surface area contributed by atoms with E-state index in [1.54, 1.807) is 0 Å². The maximum Gasteiger partial charge on any atom is 0.229 e. The van der Waals surface area contributed by atoms with Crippen LogP contribution in [0, 0.1) is 12.8 Å². The Morgan fingerprint density at radius 3 is 2.89 bits per heavy atom. The third-order valence-corrected chi connectivity index (χ3v) is 3.52. The number of anilines is 1. The first-order valence-corrected chi connectivity index (χ1v) is 7.09. The summed E-state index contributed by atoms with van der Waals surface area (Å²) >= 11 is 0. The Hall–Kier alpha value is -1.36. The molecule has 0 amide bonds. The molecule has 5 heteroatoms. The van der Waals surface area contributed by atoms with Crippen LogP contribution >= 0.6 is 0 Å². The van der Waals surface area contributed by atoms with Gasteiger partial charge in [-0.05, 0) is 39.2 Å². The molecular formula is C14H24N4O. The fraction of sp³-hybridized carbons (Fsp3) is 0.714. The second-order valence-corrected chi connectivity index (χ2v) is 5.33. The summed E-state index contributed by atoms with van der Waals surface area (Å²) in [5.41, 5.74) is 6.71. The molecule has 19 heavy (non-hydrogen) atoms. The highest BCUT2D eigenvalue weighted by molar-refractivity contribution is 5.37. The van der Waals surface area contributed by atoms with Crippen molar-refractivity contribution >= 4 is 5.95 Å². The number of nitrogens with zero attached hydrogens (tertiary/aromatic N) is 3. The lowest BCUT2D eigenvalue weighted by atomic mass is 10.1. The fourth-order valence-corrected chi connectivity index (χ4v) is 2.53. The SMILES string of the molecule is CCCOc1cc(C)nc(N2CC(CN)CC2C)n1. The fourth-order valence-electron chi connectivity index (χ4n) is 2.53. The molecule has 0 bridgehead atoms. The van der Waals surface area contributed by atoms with Gasteiger partial charge in [0.15, 0.2) is 0 Å². The zero-order valence-corrected chi connectivity index (χ0v) is 12.1. The van der Waals surface area contributed by atoms with E-state index in [9.17, 15) is 0 Å². The van der Waals surface area contributed by atoms with Gasteiger partial charge in [-0.1, -0.05) is 6.92 Å². The van der Waals surface area contributed by atoms with Crippen LogP contribution in [0.25, 0.3) is 0 Å². The van der Waals surface area contributed by atoms with Crippen LogP contribution in [0.1, 0.15) is 32.4 Å². The van der Waals surface area contributed by atoms with Crippen LogP contribution in [0.3, 0.4) is 0 Å². The molecule has 1 fully saturated rings. The topological polar surface area (TPSA) is 64.3 Å². The maximum absolute atomic E-state index is 5.77. The van der Waals surface area contributed by atoms with Gasteiger partial charge in [0.05, 0.1) is 6.61 Å². The van der Waals surface area contributed by atoms with E-state index in [-0.39, 0.29) is 0 Å². The van der Waals surface area contributed by atoms with Crippen molar-refractivity contribution in [1.29, 1.82) is 0 Å². The van der Waals surface area contributed by atoms with E-state index in [0.29, 0.717) is 24.4 Å². The lowest BCUT2D eigenvalue weighted by molar-refractivity contribution is 0.304. The number of ether oxygens (including phenoxy) is 1. The van der Waals surface area contributed by atoms with Gasteiger partial charge in [0.25, 0.3) is 0 Å². The zero-order valence-electron chi connectivity index (χ0n) is 12.1. The third kappa shape index (κ3) is 3.35. The molecule has 1 aromatic heterocycles. The summed E-state index contributed by atoms with van der Waals surface area (Å²) in [5, 5.41) is 0. The number of hydrogen-bond acceptors (Lipinski definition) is 5. The first-order chi connectivity index (χ1) is 9.13. The van der Waals surface area contributed by atoms with Crippen molar-refractivity contribution in [2.75, 3.05) is 24.6 Å². The predicted octanol–water partition coefficient (Wildman–Crippen LogP) is 1.75. The monoisotopic (exact) mass is 264 g/mol. The highest BCUT2D eigenvalue weighted by atomic mass is 16.5. The van der Waals surface area contributed by atoms with Crippen molar-refractivity contribution in [3.63, 3.8) is 0 Å². The molecule has 1 saturated heterocycles. The van der Waals surface area contributed by atoms with Crippen molar-refractivity contribution in [2.24, 2.45) is 11.7 Å². The van der Waals surface area contributed by atoms with Gasteiger partial charge in [-0.3, -0.25) is 0 Å². The van der Waals surface area contributed by atoms with Gasteiger partial charge in [0, 0.05) is 24.3 Å². The maximum atomic E-state index is 5.77. The molecule has 0 saturated carbocycles. The average Bonchev–Trinajstić information content (AvgIpc) is 2.77. The van der Waals surface area contributed by atoms with Crippen LogP contribution in [-0.4, -0.2) is 35.7 Å². The Balaban J connectivity index is 2.17. The lowest BCUT2D eigenvalue weighted by Crippen LogP contribution is -2.29. The Bertz CT molecular complexity index is 424. The molecule has 1 aliphatic heterocycles. The van der Waals surface area contributed by atoms with Crippen LogP contribution < -0.4 is 15.4 Å². The van der Waals surface area contributed by atoms with Crippen LogP contribution in [-0.2, 0) is 0 Å². The summed E-state index contributed by atoms with van der Waals surface area (Å²) < 4.78 is 5.62. The van der Waals surface area contributed by atoms with Crippen molar-refractivity contribution < 1.29 is 4.74 Å². The first kappa shape index (κ1) is 14.1. The second-order valence-electron chi connectivity index (χ2n) is 5.33. The molecule has 2 unspecified atom stereocenters. The minimum Gasteiger partial charge on any atom is -0.478 e. The van der Waals surface area contributed by atoms with E-state index in [4.69, 9.17) is 10.5 Å². The molecule has 5 nitrogen and oxygen atoms in total. The Kier molecular flexibility index (Phi) is 4.58. The number of aromatic nitrogens is 2. The van der Waals surface area contributed by atoms with Gasteiger partial charge < -0.3 is 15.4 Å². The lowest BCUT2D eigenvalue weighted by Gasteiger charge is -2.22. The smallest absolute Gasteiger partial charge is 0.229 e. The van der Waals surface area contributed by atoms with Gasteiger partial charge in [0.2, 0.25) is 11.8 Å². The second kappa shape index (κ2) is 6.19. The van der Waals surface area contributed by atoms with E-state index in [1.165, 1.54) is 0 Å². The molecule has 1 aromatic rings. The van der Waals surface area contributed by atoms with Gasteiger partial charge in [-0.15, -0.1) is 0 Å². The van der Waals surface area contributed by atoms with Gasteiger partial charge in [-0.25, -0.2) is 4.98 Å². The summed E-state index contributed by atoms with van der Waals surface area (Å²) in [7, 11) is 0. The molecule has 0 aromatic carbocycles. The molecule has 0 radical (unpaired) electrons. The van der Waals surface area contributed by atoms with E-state index < -0.39 is 0 Å². The van der Waals surface area contributed by atoms with Crippen LogP contribution in [0.15, 0.2) is 6.07 Å². The largest absolute Gasteiger partial charge is 0.478 e. The predicted molar refractivity (Wildman–Crippen MR) is 76.5 cm³/mol. The Morgan fingerprint density at radius 2 is 2.26 bits per heavy atom. The summed E-state index contributed by atoms with van der Waals surface area (Å²) in [5.74, 6) is 1.99. The van der Waals surface area contributed by atoms with Gasteiger partial charge in [-0.2, -0.15) is 4.98 Å². The number of nitrogens with two attached hydrogens (primary N) is 1. The number of aryl methyl sites for hydroxylation is 1. The minimum absolute atomic E-state index is 0.439. The third-order valence-electron chi connectivity index (χ3n) is 3.52. The molecule has 2 rings (SSSR count). The van der Waals surface area contributed by atoms with Crippen molar-refractivity contribution in [2.45, 2.75) is 39.7 Å². The zero-order chi connectivity index (χ0) is 13.8. The highest BCUT2D eigenvalue weighted by Crippen LogP contribution is 2.27. The molecule has 2 heterocycles. The normalized spacial score (nSPS) is 22.8. The average molecular weight is 264 g/mol. The Labute approximate surface area is 115 Å². The van der Waals surface area contributed by atoms with Crippen LogP contribution in [0.5, 0.6) is 5.88 Å². The minimum atomic E-state index is 0.439. The van der Waals surface area contributed by atoms with Gasteiger partial charge >= 0.3 is 0 Å². The molecule has 2 atom stereocenters. The molecule has 1 aliphatic rings. The number of hydrogen-bond donors (Lipinski definition) is 1. The van der Waals surface area contributed by atoms with Crippen molar-refractivity contribution in [3.8, 4) is 5.88 Å². The Morgan fingerprint density at radius 1 is 1.47 bits per heavy atom. The molecular weight excluding hydrogens is 240 g/mol. The van der Waals surface area contributed by atoms with E-state index in [0.717, 1.165) is 37.6 Å². The van der Waals surface area contributed by atoms with E-state index in [1.807, 2.05) is 13.0 Å². The quantitative estimate of drug-likeness (QED) is 0.877. The van der Waals surface area contributed by atoms with Crippen LogP contribution in [0.4, 0.5) is 5.95 Å². The number of rotatable bonds is 5. The first-order valence-electron chi connectivity index (χ1n) is 7.09. The standard InChI is InChI=1S/C14H24N4O/c1-4-5-19-13-6-10(2)16-14(17-13)18-9-12(8-15)7-11(18)3/h6,11-12H,4-5,7-9,15H2,1-3H3. The highest BCUT2D eigenvalue weighted by Gasteiger charge is 2.30. The molecule has 2 N–H and O–H groups in total. The van der Waals surface area contributed by atoms with E-state index >= 15 is 0 Å². The summed E-state index contributed by atoms with van der Waals surface area (Å²) in [4.78, 5) is 11.3. The van der Waals surface area contributed by atoms with Crippen molar-refractivity contribution in [3.05, 3.63) is 11.8 Å².